The molecule has 0 radical (unpaired) electrons. The average Bonchev–Trinajstić information content (AvgIpc) is 3.26. The number of aryl methyl sites for hydroxylation is 2. The van der Waals surface area contributed by atoms with Gasteiger partial charge in [-0.25, -0.2) is 9.97 Å². The van der Waals surface area contributed by atoms with Gasteiger partial charge in [-0.3, -0.25) is 4.79 Å². The van der Waals surface area contributed by atoms with Crippen molar-refractivity contribution in [2.24, 2.45) is 0 Å². The third-order valence-electron chi connectivity index (χ3n) is 4.76. The number of thiazole rings is 2. The van der Waals surface area contributed by atoms with E-state index in [1.54, 1.807) is 22.7 Å². The van der Waals surface area contributed by atoms with Crippen LogP contribution in [-0.4, -0.2) is 35.0 Å². The number of hydrogen-bond donors (Lipinski definition) is 1. The normalized spacial score (nSPS) is 17.6. The van der Waals surface area contributed by atoms with E-state index in [0.29, 0.717) is 6.42 Å². The first-order valence-corrected chi connectivity index (χ1v) is 10.7. The van der Waals surface area contributed by atoms with Crippen LogP contribution in [0.2, 0.25) is 0 Å². The van der Waals surface area contributed by atoms with Crippen LogP contribution in [0.3, 0.4) is 0 Å². The Labute approximate surface area is 161 Å². The number of carbonyl (C=O) groups excluding carboxylic acids is 1. The first kappa shape index (κ1) is 17.4. The van der Waals surface area contributed by atoms with Crippen molar-refractivity contribution < 1.29 is 4.79 Å². The maximum Gasteiger partial charge on any atom is 0.220 e. The van der Waals surface area contributed by atoms with Crippen molar-refractivity contribution in [3.63, 3.8) is 0 Å². The van der Waals surface area contributed by atoms with Gasteiger partial charge in [0.25, 0.3) is 0 Å². The molecular weight excluding hydrogens is 364 g/mol. The van der Waals surface area contributed by atoms with E-state index in [1.807, 2.05) is 24.6 Å². The van der Waals surface area contributed by atoms with Crippen molar-refractivity contribution in [3.05, 3.63) is 40.3 Å². The summed E-state index contributed by atoms with van der Waals surface area (Å²) in [4.78, 5) is 24.9. The highest BCUT2D eigenvalue weighted by molar-refractivity contribution is 7.22. The highest BCUT2D eigenvalue weighted by Crippen LogP contribution is 2.30. The molecule has 1 saturated heterocycles. The van der Waals surface area contributed by atoms with Crippen LogP contribution in [-0.2, 0) is 11.2 Å². The van der Waals surface area contributed by atoms with Crippen LogP contribution in [0.4, 0.5) is 5.13 Å². The van der Waals surface area contributed by atoms with Crippen LogP contribution < -0.4 is 10.2 Å². The molecule has 136 valence electrons. The molecular formula is C19H22N4OS2. The second-order valence-electron chi connectivity index (χ2n) is 6.68. The molecule has 1 aliphatic rings. The van der Waals surface area contributed by atoms with E-state index in [4.69, 9.17) is 4.98 Å². The molecule has 0 spiro atoms. The van der Waals surface area contributed by atoms with E-state index in [0.717, 1.165) is 48.7 Å². The molecule has 3 heterocycles. The van der Waals surface area contributed by atoms with Crippen molar-refractivity contribution in [1.82, 2.24) is 15.3 Å². The van der Waals surface area contributed by atoms with Gasteiger partial charge in [-0.1, -0.05) is 23.5 Å². The van der Waals surface area contributed by atoms with Gasteiger partial charge in [0.05, 0.1) is 21.4 Å². The average molecular weight is 387 g/mol. The Kier molecular flexibility index (Phi) is 5.17. The summed E-state index contributed by atoms with van der Waals surface area (Å²) in [5.74, 6) is 0.133. The van der Waals surface area contributed by atoms with Gasteiger partial charge in [0.2, 0.25) is 5.91 Å². The smallest absolute Gasteiger partial charge is 0.220 e. The van der Waals surface area contributed by atoms with Crippen LogP contribution in [0.25, 0.3) is 10.2 Å². The molecule has 7 heteroatoms. The number of carbonyl (C=O) groups is 1. The molecule has 2 aromatic heterocycles. The fraction of sp³-hybridized carbons (Fsp3) is 0.421. The lowest BCUT2D eigenvalue weighted by atomic mass is 10.1. The molecule has 3 aromatic rings. The van der Waals surface area contributed by atoms with Crippen molar-refractivity contribution >= 4 is 43.9 Å². The van der Waals surface area contributed by atoms with Crippen molar-refractivity contribution in [1.29, 1.82) is 0 Å². The van der Waals surface area contributed by atoms with Crippen LogP contribution in [0, 0.1) is 6.92 Å². The van der Waals surface area contributed by atoms with Gasteiger partial charge in [-0.05, 0) is 38.3 Å². The summed E-state index contributed by atoms with van der Waals surface area (Å²) in [5, 5.41) is 4.28. The predicted octanol–water partition coefficient (Wildman–Crippen LogP) is 3.78. The number of hydrogen-bond acceptors (Lipinski definition) is 6. The summed E-state index contributed by atoms with van der Waals surface area (Å²) in [7, 11) is 0. The molecule has 0 bridgehead atoms. The number of rotatable bonds is 5. The van der Waals surface area contributed by atoms with E-state index in [-0.39, 0.29) is 11.9 Å². The fourth-order valence-corrected chi connectivity index (χ4v) is 5.14. The maximum atomic E-state index is 12.3. The first-order chi connectivity index (χ1) is 12.7. The summed E-state index contributed by atoms with van der Waals surface area (Å²) in [5.41, 5.74) is 3.95. The van der Waals surface area contributed by atoms with Crippen molar-refractivity contribution in [2.75, 3.05) is 18.0 Å². The SMILES string of the molecule is Cc1ncsc1CCC(=O)NC1CCCN(c2nc3ccccc3s2)C1. The maximum absolute atomic E-state index is 12.3. The minimum atomic E-state index is 0.133. The molecule has 1 aromatic carbocycles. The van der Waals surface area contributed by atoms with E-state index in [1.165, 1.54) is 9.58 Å². The van der Waals surface area contributed by atoms with E-state index < -0.39 is 0 Å². The molecule has 5 nitrogen and oxygen atoms in total. The lowest BCUT2D eigenvalue weighted by Crippen LogP contribution is -2.47. The minimum absolute atomic E-state index is 0.133. The largest absolute Gasteiger partial charge is 0.352 e. The third-order valence-corrected chi connectivity index (χ3v) is 6.86. The van der Waals surface area contributed by atoms with Gasteiger partial charge in [0.1, 0.15) is 0 Å². The number of amides is 1. The molecule has 1 N–H and O–H groups in total. The van der Waals surface area contributed by atoms with Crippen molar-refractivity contribution in [2.45, 2.75) is 38.6 Å². The van der Waals surface area contributed by atoms with E-state index in [2.05, 4.69) is 27.3 Å². The molecule has 1 atom stereocenters. The Balaban J connectivity index is 1.34. The zero-order valence-corrected chi connectivity index (χ0v) is 16.4. The predicted molar refractivity (Wildman–Crippen MR) is 108 cm³/mol. The number of fused-ring (bicyclic) bond motifs is 1. The summed E-state index contributed by atoms with van der Waals surface area (Å²) in [6.45, 7) is 3.85. The molecule has 1 unspecified atom stereocenters. The molecule has 4 rings (SSSR count). The van der Waals surface area contributed by atoms with Gasteiger partial charge >= 0.3 is 0 Å². The topological polar surface area (TPSA) is 58.1 Å². The standard InChI is InChI=1S/C19H22N4OS2/c1-13-16(25-12-20-13)8-9-18(24)21-14-5-4-10-23(11-14)19-22-15-6-2-3-7-17(15)26-19/h2-3,6-7,12,14H,4-5,8-11H2,1H3,(H,21,24). The molecule has 1 aliphatic heterocycles. The second-order valence-corrected chi connectivity index (χ2v) is 8.63. The highest BCUT2D eigenvalue weighted by atomic mass is 32.1. The van der Waals surface area contributed by atoms with Crippen LogP contribution in [0.1, 0.15) is 29.8 Å². The molecule has 1 fully saturated rings. The molecule has 1 amide bonds. The number of piperidine rings is 1. The Bertz CT molecular complexity index is 871. The number of nitrogens with one attached hydrogen (secondary N) is 1. The third kappa shape index (κ3) is 3.88. The van der Waals surface area contributed by atoms with Crippen molar-refractivity contribution in [3.8, 4) is 0 Å². The van der Waals surface area contributed by atoms with Crippen LogP contribution in [0.5, 0.6) is 0 Å². The van der Waals surface area contributed by atoms with Crippen LogP contribution >= 0.6 is 22.7 Å². The Hall–Kier alpha value is -1.99. The first-order valence-electron chi connectivity index (χ1n) is 8.98. The Morgan fingerprint density at radius 1 is 1.38 bits per heavy atom. The monoisotopic (exact) mass is 386 g/mol. The molecule has 0 saturated carbocycles. The fourth-order valence-electron chi connectivity index (χ4n) is 3.36. The van der Waals surface area contributed by atoms with E-state index >= 15 is 0 Å². The summed E-state index contributed by atoms with van der Waals surface area (Å²) in [6.07, 6.45) is 3.42. The lowest BCUT2D eigenvalue weighted by molar-refractivity contribution is -0.121. The number of aromatic nitrogens is 2. The number of anilines is 1. The Morgan fingerprint density at radius 3 is 3.08 bits per heavy atom. The summed E-state index contributed by atoms with van der Waals surface area (Å²) >= 11 is 3.36. The van der Waals surface area contributed by atoms with Gasteiger partial charge in [0.15, 0.2) is 5.13 Å². The van der Waals surface area contributed by atoms with Gasteiger partial charge in [-0.15, -0.1) is 11.3 Å². The summed E-state index contributed by atoms with van der Waals surface area (Å²) in [6, 6.07) is 8.44. The van der Waals surface area contributed by atoms with Gasteiger partial charge in [0, 0.05) is 30.4 Å². The number of benzene rings is 1. The number of para-hydroxylation sites is 1. The zero-order valence-electron chi connectivity index (χ0n) is 14.8. The van der Waals surface area contributed by atoms with Gasteiger partial charge in [-0.2, -0.15) is 0 Å². The lowest BCUT2D eigenvalue weighted by Gasteiger charge is -2.33. The minimum Gasteiger partial charge on any atom is -0.352 e. The van der Waals surface area contributed by atoms with Gasteiger partial charge < -0.3 is 10.2 Å². The Morgan fingerprint density at radius 2 is 2.27 bits per heavy atom. The molecule has 26 heavy (non-hydrogen) atoms. The highest BCUT2D eigenvalue weighted by Gasteiger charge is 2.23. The number of nitrogens with zero attached hydrogens (tertiary/aromatic N) is 3. The zero-order chi connectivity index (χ0) is 17.9. The second kappa shape index (κ2) is 7.72. The quantitative estimate of drug-likeness (QED) is 0.725. The van der Waals surface area contributed by atoms with Crippen LogP contribution in [0.15, 0.2) is 29.8 Å². The molecule has 0 aliphatic carbocycles. The van der Waals surface area contributed by atoms with E-state index in [9.17, 15) is 4.79 Å². The summed E-state index contributed by atoms with van der Waals surface area (Å²) < 4.78 is 1.22.